The maximum Gasteiger partial charge on any atom is 0.416 e. The number of carbonyl (C=O) groups excluding carboxylic acids is 1. The van der Waals surface area contributed by atoms with Crippen molar-refractivity contribution < 1.29 is 26.4 Å². The van der Waals surface area contributed by atoms with Crippen molar-refractivity contribution in [3.05, 3.63) is 52.7 Å². The van der Waals surface area contributed by atoms with E-state index in [1.165, 1.54) is 31.3 Å². The minimum atomic E-state index is -4.53. The Bertz CT molecular complexity index is 992. The summed E-state index contributed by atoms with van der Waals surface area (Å²) in [6.45, 7) is 1.51. The van der Waals surface area contributed by atoms with Crippen molar-refractivity contribution in [3.8, 4) is 0 Å². The number of sulfone groups is 1. The van der Waals surface area contributed by atoms with Crippen molar-refractivity contribution in [3.63, 3.8) is 0 Å². The third-order valence-electron chi connectivity index (χ3n) is 4.03. The predicted octanol–water partition coefficient (Wildman–Crippen LogP) is 3.64. The molecule has 0 aliphatic carbocycles. The van der Waals surface area contributed by atoms with Crippen LogP contribution in [0.3, 0.4) is 0 Å². The van der Waals surface area contributed by atoms with Gasteiger partial charge in [0.25, 0.3) is 0 Å². The maximum atomic E-state index is 12.9. The molecule has 2 heterocycles. The van der Waals surface area contributed by atoms with Crippen LogP contribution in [0, 0.1) is 0 Å². The van der Waals surface area contributed by atoms with Crippen LogP contribution in [0.4, 0.5) is 19.0 Å². The van der Waals surface area contributed by atoms with Gasteiger partial charge in [0.05, 0.1) is 16.6 Å². The number of aromatic nitrogens is 1. The Kier molecular flexibility index (Phi) is 4.48. The van der Waals surface area contributed by atoms with Crippen LogP contribution in [-0.4, -0.2) is 25.1 Å². The molecule has 26 heavy (non-hydrogen) atoms. The van der Waals surface area contributed by atoms with E-state index in [1.54, 1.807) is 0 Å². The Morgan fingerprint density at radius 2 is 1.96 bits per heavy atom. The fourth-order valence-corrected chi connectivity index (χ4v) is 4.35. The van der Waals surface area contributed by atoms with Gasteiger partial charge in [-0.05, 0) is 30.7 Å². The number of alkyl halides is 3. The first-order valence-electron chi connectivity index (χ1n) is 7.38. The topological polar surface area (TPSA) is 67.3 Å². The number of benzene rings is 1. The highest BCUT2D eigenvalue weighted by molar-refractivity contribution is 7.92. The molecule has 0 saturated heterocycles. The molecule has 10 heteroatoms. The molecule has 138 valence electrons. The van der Waals surface area contributed by atoms with E-state index in [-0.39, 0.29) is 21.3 Å². The number of anilines is 1. The molecule has 0 spiro atoms. The van der Waals surface area contributed by atoms with Gasteiger partial charge < -0.3 is 0 Å². The van der Waals surface area contributed by atoms with Crippen molar-refractivity contribution in [1.29, 1.82) is 0 Å². The van der Waals surface area contributed by atoms with Crippen LogP contribution in [0.15, 0.2) is 41.4 Å². The van der Waals surface area contributed by atoms with Gasteiger partial charge in [0.2, 0.25) is 5.91 Å². The lowest BCUT2D eigenvalue weighted by Crippen LogP contribution is -2.43. The standard InChI is InChI=1S/C16H12ClF3N2O3S/c1-9(10-3-2-4-11(5-10)16(18,19)20)22-14(23)8-26(24,25)13-6-12(17)7-21-15(13)22/h2-7,9H,8H2,1H3. The molecule has 1 aromatic heterocycles. The molecule has 0 N–H and O–H groups in total. The number of rotatable bonds is 2. The highest BCUT2D eigenvalue weighted by Gasteiger charge is 2.39. The maximum absolute atomic E-state index is 12.9. The Morgan fingerprint density at radius 3 is 2.62 bits per heavy atom. The van der Waals surface area contributed by atoms with Gasteiger partial charge in [0, 0.05) is 6.20 Å². The summed E-state index contributed by atoms with van der Waals surface area (Å²) in [6, 6.07) is 4.84. The van der Waals surface area contributed by atoms with Crippen LogP contribution >= 0.6 is 11.6 Å². The number of nitrogens with zero attached hydrogens (tertiary/aromatic N) is 2. The molecule has 5 nitrogen and oxygen atoms in total. The lowest BCUT2D eigenvalue weighted by molar-refractivity contribution is -0.137. The van der Waals surface area contributed by atoms with Gasteiger partial charge in [-0.15, -0.1) is 0 Å². The van der Waals surface area contributed by atoms with E-state index in [0.29, 0.717) is 0 Å². The summed E-state index contributed by atoms with van der Waals surface area (Å²) < 4.78 is 63.3. The zero-order chi connectivity index (χ0) is 19.3. The second kappa shape index (κ2) is 6.24. The lowest BCUT2D eigenvalue weighted by atomic mass is 10.0. The highest BCUT2D eigenvalue weighted by Crippen LogP contribution is 2.37. The predicted molar refractivity (Wildman–Crippen MR) is 88.6 cm³/mol. The molecular formula is C16H12ClF3N2O3S. The molecule has 1 aliphatic rings. The smallest absolute Gasteiger partial charge is 0.287 e. The molecule has 0 bridgehead atoms. The highest BCUT2D eigenvalue weighted by atomic mass is 35.5. The summed E-state index contributed by atoms with van der Waals surface area (Å²) in [5.41, 5.74) is -0.654. The molecule has 1 unspecified atom stereocenters. The van der Waals surface area contributed by atoms with Gasteiger partial charge in [0.15, 0.2) is 15.7 Å². The zero-order valence-corrected chi connectivity index (χ0v) is 14.9. The monoisotopic (exact) mass is 404 g/mol. The van der Waals surface area contributed by atoms with Gasteiger partial charge in [0.1, 0.15) is 10.6 Å². The summed E-state index contributed by atoms with van der Waals surface area (Å²) in [5.74, 6) is -1.71. The van der Waals surface area contributed by atoms with E-state index in [0.717, 1.165) is 17.0 Å². The van der Waals surface area contributed by atoms with E-state index in [9.17, 15) is 26.4 Å². The average molecular weight is 405 g/mol. The minimum Gasteiger partial charge on any atom is -0.287 e. The van der Waals surface area contributed by atoms with Crippen molar-refractivity contribution in [2.45, 2.75) is 24.0 Å². The van der Waals surface area contributed by atoms with E-state index < -0.39 is 39.3 Å². The second-order valence-corrected chi connectivity index (χ2v) is 8.19. The van der Waals surface area contributed by atoms with Crippen LogP contribution in [0.1, 0.15) is 24.1 Å². The van der Waals surface area contributed by atoms with Crippen LogP contribution < -0.4 is 4.90 Å². The number of pyridine rings is 1. The van der Waals surface area contributed by atoms with Gasteiger partial charge in [-0.25, -0.2) is 13.4 Å². The Balaban J connectivity index is 2.11. The SMILES string of the molecule is CC(c1cccc(C(F)(F)F)c1)N1C(=O)CS(=O)(=O)c2cc(Cl)cnc21. The summed E-state index contributed by atoms with van der Waals surface area (Å²) in [4.78, 5) is 17.2. The van der Waals surface area contributed by atoms with Gasteiger partial charge in [-0.1, -0.05) is 23.7 Å². The zero-order valence-electron chi connectivity index (χ0n) is 13.3. The number of halogens is 4. The molecule has 1 aromatic carbocycles. The third-order valence-corrected chi connectivity index (χ3v) is 5.83. The number of carbonyl (C=O) groups is 1. The van der Waals surface area contributed by atoms with E-state index in [1.807, 2.05) is 0 Å². The van der Waals surface area contributed by atoms with Gasteiger partial charge in [-0.2, -0.15) is 13.2 Å². The van der Waals surface area contributed by atoms with Crippen LogP contribution in [0.25, 0.3) is 0 Å². The molecule has 1 amide bonds. The number of hydrogen-bond acceptors (Lipinski definition) is 4. The van der Waals surface area contributed by atoms with E-state index in [4.69, 9.17) is 11.6 Å². The fourth-order valence-electron chi connectivity index (χ4n) is 2.77. The number of hydrogen-bond donors (Lipinski definition) is 0. The fraction of sp³-hybridized carbons (Fsp3) is 0.250. The molecule has 3 rings (SSSR count). The average Bonchev–Trinajstić information content (AvgIpc) is 2.54. The van der Waals surface area contributed by atoms with Gasteiger partial charge >= 0.3 is 6.18 Å². The third kappa shape index (κ3) is 3.28. The largest absolute Gasteiger partial charge is 0.416 e. The first-order valence-corrected chi connectivity index (χ1v) is 9.41. The quantitative estimate of drug-likeness (QED) is 0.766. The van der Waals surface area contributed by atoms with E-state index in [2.05, 4.69) is 4.98 Å². The molecule has 0 saturated carbocycles. The molecule has 0 radical (unpaired) electrons. The first-order chi connectivity index (χ1) is 12.0. The molecule has 2 aromatic rings. The molecule has 0 fully saturated rings. The van der Waals surface area contributed by atoms with Crippen molar-refractivity contribution >= 4 is 33.2 Å². The Morgan fingerprint density at radius 1 is 1.27 bits per heavy atom. The summed E-state index contributed by atoms with van der Waals surface area (Å²) in [6.07, 6.45) is -3.35. The Hall–Kier alpha value is -2.13. The number of amides is 1. The normalized spacial score (nSPS) is 17.7. The minimum absolute atomic E-state index is 0.0772. The molecule has 1 atom stereocenters. The summed E-state index contributed by atoms with van der Waals surface area (Å²) >= 11 is 5.80. The molecular weight excluding hydrogens is 393 g/mol. The van der Waals surface area contributed by atoms with Gasteiger partial charge in [-0.3, -0.25) is 9.69 Å². The van der Waals surface area contributed by atoms with E-state index >= 15 is 0 Å². The van der Waals surface area contributed by atoms with Crippen molar-refractivity contribution in [1.82, 2.24) is 4.98 Å². The number of fused-ring (bicyclic) bond motifs is 1. The second-order valence-electron chi connectivity index (χ2n) is 5.80. The lowest BCUT2D eigenvalue weighted by Gasteiger charge is -2.33. The molecule has 1 aliphatic heterocycles. The van der Waals surface area contributed by atoms with Crippen LogP contribution in [0.5, 0.6) is 0 Å². The first kappa shape index (κ1) is 18.7. The summed E-state index contributed by atoms with van der Waals surface area (Å²) in [7, 11) is -3.91. The summed E-state index contributed by atoms with van der Waals surface area (Å²) in [5, 5.41) is 0.0772. The van der Waals surface area contributed by atoms with Crippen LogP contribution in [-0.2, 0) is 20.8 Å². The van der Waals surface area contributed by atoms with Crippen molar-refractivity contribution in [2.24, 2.45) is 0 Å². The van der Waals surface area contributed by atoms with Crippen molar-refractivity contribution in [2.75, 3.05) is 10.7 Å². The van der Waals surface area contributed by atoms with Crippen LogP contribution in [0.2, 0.25) is 5.02 Å². The Labute approximate surface area is 152 Å².